The quantitative estimate of drug-likeness (QED) is 0.808. The van der Waals surface area contributed by atoms with Crippen molar-refractivity contribution in [1.82, 2.24) is 14.8 Å². The molecule has 6 heteroatoms. The van der Waals surface area contributed by atoms with Crippen molar-refractivity contribution in [2.45, 2.75) is 6.54 Å². The zero-order valence-electron chi connectivity index (χ0n) is 8.35. The predicted molar refractivity (Wildman–Crippen MR) is 60.5 cm³/mol. The Morgan fingerprint density at radius 2 is 2.31 bits per heavy atom. The van der Waals surface area contributed by atoms with E-state index in [0.717, 1.165) is 0 Å². The van der Waals surface area contributed by atoms with E-state index in [1.165, 1.54) is 0 Å². The fourth-order valence-electron chi connectivity index (χ4n) is 1.48. The number of aromatic amines is 1. The van der Waals surface area contributed by atoms with Crippen molar-refractivity contribution in [3.8, 4) is 17.1 Å². The Bertz CT molecular complexity index is 549. The van der Waals surface area contributed by atoms with Crippen LogP contribution in [0.2, 0.25) is 0 Å². The number of alkyl halides is 1. The lowest BCUT2D eigenvalue weighted by molar-refractivity contribution is 0.445. The lowest BCUT2D eigenvalue weighted by Crippen LogP contribution is -2.02. The largest absolute Gasteiger partial charge is 0.508 e. The molecule has 2 N–H and O–H groups in total. The van der Waals surface area contributed by atoms with Crippen LogP contribution in [0, 0.1) is 4.77 Å². The summed E-state index contributed by atoms with van der Waals surface area (Å²) in [5.41, 5.74) is 0.695. The van der Waals surface area contributed by atoms with Gasteiger partial charge in [0.25, 0.3) is 0 Å². The first-order valence-corrected chi connectivity index (χ1v) is 5.14. The number of aromatic nitrogens is 3. The van der Waals surface area contributed by atoms with Crippen LogP contribution in [0.25, 0.3) is 11.4 Å². The number of hydrogen-bond donors (Lipinski definition) is 2. The second-order valence-corrected chi connectivity index (χ2v) is 3.63. The van der Waals surface area contributed by atoms with Crippen LogP contribution in [-0.4, -0.2) is 26.5 Å². The van der Waals surface area contributed by atoms with Crippen LogP contribution in [0.1, 0.15) is 0 Å². The molecule has 0 amide bonds. The monoisotopic (exact) mass is 239 g/mol. The standard InChI is InChI=1S/C10H10FN3OS/c11-4-5-14-9(12-13-10(14)16)7-2-1-3-8(15)6-7/h1-3,6,15H,4-5H2,(H,13,16). The van der Waals surface area contributed by atoms with E-state index in [-0.39, 0.29) is 12.3 Å². The van der Waals surface area contributed by atoms with E-state index in [1.807, 2.05) is 0 Å². The molecule has 0 fully saturated rings. The number of aromatic hydroxyl groups is 1. The molecule has 2 aromatic rings. The van der Waals surface area contributed by atoms with Crippen LogP contribution in [0.15, 0.2) is 24.3 Å². The van der Waals surface area contributed by atoms with E-state index in [2.05, 4.69) is 10.2 Å². The van der Waals surface area contributed by atoms with Gasteiger partial charge in [0.05, 0.1) is 6.54 Å². The molecule has 0 unspecified atom stereocenters. The molecule has 4 nitrogen and oxygen atoms in total. The maximum absolute atomic E-state index is 12.4. The molecule has 1 aromatic carbocycles. The van der Waals surface area contributed by atoms with Crippen LogP contribution < -0.4 is 0 Å². The van der Waals surface area contributed by atoms with Gasteiger partial charge in [-0.15, -0.1) is 0 Å². The highest BCUT2D eigenvalue weighted by molar-refractivity contribution is 7.71. The lowest BCUT2D eigenvalue weighted by Gasteiger charge is -2.04. The summed E-state index contributed by atoms with van der Waals surface area (Å²) < 4.78 is 14.3. The van der Waals surface area contributed by atoms with Gasteiger partial charge in [-0.1, -0.05) is 12.1 Å². The fourth-order valence-corrected chi connectivity index (χ4v) is 1.70. The second-order valence-electron chi connectivity index (χ2n) is 3.24. The molecule has 2 rings (SSSR count). The van der Waals surface area contributed by atoms with E-state index >= 15 is 0 Å². The van der Waals surface area contributed by atoms with Crippen LogP contribution in [0.3, 0.4) is 0 Å². The Labute approximate surface area is 96.4 Å². The molecular formula is C10H10FN3OS. The van der Waals surface area contributed by atoms with E-state index < -0.39 is 6.67 Å². The highest BCUT2D eigenvalue weighted by Gasteiger charge is 2.08. The lowest BCUT2D eigenvalue weighted by atomic mass is 10.2. The van der Waals surface area contributed by atoms with Gasteiger partial charge in [-0.25, -0.2) is 4.39 Å². The van der Waals surface area contributed by atoms with Gasteiger partial charge < -0.3 is 5.11 Å². The van der Waals surface area contributed by atoms with Gasteiger partial charge in [-0.05, 0) is 24.4 Å². The Hall–Kier alpha value is -1.69. The number of hydrogen-bond acceptors (Lipinski definition) is 3. The molecule has 0 atom stereocenters. The van der Waals surface area contributed by atoms with Gasteiger partial charge in [-0.3, -0.25) is 9.67 Å². The van der Waals surface area contributed by atoms with Crippen molar-refractivity contribution < 1.29 is 9.50 Å². The topological polar surface area (TPSA) is 53.8 Å². The number of nitrogens with one attached hydrogen (secondary N) is 1. The first-order chi connectivity index (χ1) is 7.72. The van der Waals surface area contributed by atoms with E-state index in [0.29, 0.717) is 16.2 Å². The Balaban J connectivity index is 2.51. The van der Waals surface area contributed by atoms with Crippen molar-refractivity contribution in [2.24, 2.45) is 0 Å². The minimum atomic E-state index is -0.514. The molecule has 1 heterocycles. The van der Waals surface area contributed by atoms with Crippen molar-refractivity contribution in [2.75, 3.05) is 6.67 Å². The highest BCUT2D eigenvalue weighted by atomic mass is 32.1. The Kier molecular flexibility index (Phi) is 3.00. The molecule has 0 saturated carbocycles. The van der Waals surface area contributed by atoms with Gasteiger partial charge >= 0.3 is 0 Å². The van der Waals surface area contributed by atoms with Crippen LogP contribution in [-0.2, 0) is 6.54 Å². The molecule has 0 aliphatic heterocycles. The number of benzene rings is 1. The maximum Gasteiger partial charge on any atom is 0.195 e. The molecule has 0 spiro atoms. The van der Waals surface area contributed by atoms with Crippen LogP contribution in [0.4, 0.5) is 4.39 Å². The van der Waals surface area contributed by atoms with Crippen molar-refractivity contribution in [3.63, 3.8) is 0 Å². The summed E-state index contributed by atoms with van der Waals surface area (Å²) in [5, 5.41) is 16.0. The molecule has 1 aromatic heterocycles. The van der Waals surface area contributed by atoms with E-state index in [1.54, 1.807) is 28.8 Å². The van der Waals surface area contributed by atoms with Gasteiger partial charge in [0.1, 0.15) is 12.4 Å². The summed E-state index contributed by atoms with van der Waals surface area (Å²) in [6.07, 6.45) is 0. The Morgan fingerprint density at radius 1 is 1.50 bits per heavy atom. The second kappa shape index (κ2) is 4.44. The van der Waals surface area contributed by atoms with Crippen molar-refractivity contribution in [1.29, 1.82) is 0 Å². The van der Waals surface area contributed by atoms with Crippen molar-refractivity contribution >= 4 is 12.2 Å². The number of rotatable bonds is 3. The molecule has 0 aliphatic carbocycles. The average molecular weight is 239 g/mol. The third kappa shape index (κ3) is 1.96. The number of phenols is 1. The van der Waals surface area contributed by atoms with Crippen LogP contribution in [0.5, 0.6) is 5.75 Å². The predicted octanol–water partition coefficient (Wildman–Crippen LogP) is 2.28. The number of halogens is 1. The van der Waals surface area contributed by atoms with Gasteiger partial charge in [0.2, 0.25) is 0 Å². The molecule has 0 radical (unpaired) electrons. The summed E-state index contributed by atoms with van der Waals surface area (Å²) in [4.78, 5) is 0. The first-order valence-electron chi connectivity index (χ1n) is 4.73. The summed E-state index contributed by atoms with van der Waals surface area (Å²) in [6.45, 7) is -0.361. The van der Waals surface area contributed by atoms with Gasteiger partial charge in [0.15, 0.2) is 10.6 Å². The zero-order chi connectivity index (χ0) is 11.5. The van der Waals surface area contributed by atoms with Crippen molar-refractivity contribution in [3.05, 3.63) is 29.0 Å². The smallest absolute Gasteiger partial charge is 0.195 e. The minimum absolute atomic E-state index is 0.137. The first kappa shape index (κ1) is 10.8. The molecule has 0 bridgehead atoms. The summed E-state index contributed by atoms with van der Waals surface area (Å²) >= 11 is 4.99. The number of phenolic OH excluding ortho intramolecular Hbond substituents is 1. The van der Waals surface area contributed by atoms with Gasteiger partial charge in [-0.2, -0.15) is 5.10 Å². The molecular weight excluding hydrogens is 229 g/mol. The van der Waals surface area contributed by atoms with E-state index in [4.69, 9.17) is 12.2 Å². The average Bonchev–Trinajstić information content (AvgIpc) is 2.61. The molecule has 84 valence electrons. The minimum Gasteiger partial charge on any atom is -0.508 e. The summed E-state index contributed by atoms with van der Waals surface area (Å²) in [5.74, 6) is 0.664. The van der Waals surface area contributed by atoms with Gasteiger partial charge in [0, 0.05) is 5.56 Å². The zero-order valence-corrected chi connectivity index (χ0v) is 9.17. The number of nitrogens with zero attached hydrogens (tertiary/aromatic N) is 2. The third-order valence-electron chi connectivity index (χ3n) is 2.17. The summed E-state index contributed by atoms with van der Waals surface area (Å²) in [7, 11) is 0. The fraction of sp³-hybridized carbons (Fsp3) is 0.200. The number of H-pyrrole nitrogens is 1. The molecule has 0 saturated heterocycles. The van der Waals surface area contributed by atoms with Crippen LogP contribution >= 0.6 is 12.2 Å². The highest BCUT2D eigenvalue weighted by Crippen LogP contribution is 2.21. The molecule has 0 aliphatic rings. The molecule has 16 heavy (non-hydrogen) atoms. The Morgan fingerprint density at radius 3 is 3.00 bits per heavy atom. The SMILES string of the molecule is Oc1cccc(-c2n[nH]c(=S)n2CCF)c1. The normalized spacial score (nSPS) is 10.6. The summed E-state index contributed by atoms with van der Waals surface area (Å²) in [6, 6.07) is 6.59. The van der Waals surface area contributed by atoms with E-state index in [9.17, 15) is 9.50 Å². The maximum atomic E-state index is 12.4. The third-order valence-corrected chi connectivity index (χ3v) is 2.48.